The molecular weight excluding hydrogens is 282 g/mol. The molecule has 2 heterocycles. The van der Waals surface area contributed by atoms with Crippen LogP contribution < -0.4 is 10.4 Å². The lowest BCUT2D eigenvalue weighted by atomic mass is 10.2. The smallest absolute Gasteiger partial charge is 0.336 e. The molecule has 0 N–H and O–H groups in total. The van der Waals surface area contributed by atoms with Gasteiger partial charge < -0.3 is 14.1 Å². The Labute approximate surface area is 128 Å². The molecule has 5 nitrogen and oxygen atoms in total. The normalized spacial score (nSPS) is 15.5. The number of rotatable bonds is 3. The van der Waals surface area contributed by atoms with E-state index in [0.717, 1.165) is 31.3 Å². The van der Waals surface area contributed by atoms with Gasteiger partial charge in [0.05, 0.1) is 0 Å². The first kappa shape index (κ1) is 14.6. The largest absolute Gasteiger partial charge is 0.484 e. The Kier molecular flexibility index (Phi) is 4.42. The monoisotopic (exact) mass is 301 g/mol. The van der Waals surface area contributed by atoms with Crippen LogP contribution in [0.3, 0.4) is 0 Å². The number of nitrogens with zero attached hydrogens (tertiary/aromatic N) is 1. The van der Waals surface area contributed by atoms with E-state index in [0.29, 0.717) is 11.3 Å². The molecule has 1 aromatic heterocycles. The number of benzene rings is 1. The highest BCUT2D eigenvalue weighted by atomic mass is 16.5. The van der Waals surface area contributed by atoms with Crippen LogP contribution in [0.25, 0.3) is 11.0 Å². The molecule has 1 saturated heterocycles. The Morgan fingerprint density at radius 1 is 1.09 bits per heavy atom. The van der Waals surface area contributed by atoms with Gasteiger partial charge in [-0.1, -0.05) is 12.8 Å². The maximum Gasteiger partial charge on any atom is 0.336 e. The van der Waals surface area contributed by atoms with Crippen molar-refractivity contribution in [3.05, 3.63) is 40.8 Å². The summed E-state index contributed by atoms with van der Waals surface area (Å²) in [5, 5.41) is 0.825. The zero-order valence-corrected chi connectivity index (χ0v) is 12.4. The van der Waals surface area contributed by atoms with Gasteiger partial charge in [-0.05, 0) is 31.0 Å². The van der Waals surface area contributed by atoms with Gasteiger partial charge in [0.1, 0.15) is 11.3 Å². The lowest BCUT2D eigenvalue weighted by Gasteiger charge is -2.20. The summed E-state index contributed by atoms with van der Waals surface area (Å²) in [6.45, 7) is 1.64. The summed E-state index contributed by atoms with van der Waals surface area (Å²) in [6, 6.07) is 8.31. The fraction of sp³-hybridized carbons (Fsp3) is 0.412. The van der Waals surface area contributed by atoms with Crippen molar-refractivity contribution in [1.82, 2.24) is 4.90 Å². The van der Waals surface area contributed by atoms with Crippen LogP contribution in [0.2, 0.25) is 0 Å². The first-order valence-corrected chi connectivity index (χ1v) is 7.67. The predicted octanol–water partition coefficient (Wildman–Crippen LogP) is 2.57. The quantitative estimate of drug-likeness (QED) is 0.818. The summed E-state index contributed by atoms with van der Waals surface area (Å²) in [7, 11) is 0. The maximum atomic E-state index is 12.2. The maximum absolute atomic E-state index is 12.2. The Morgan fingerprint density at radius 2 is 1.82 bits per heavy atom. The molecule has 1 aliphatic rings. The molecule has 1 aliphatic heterocycles. The van der Waals surface area contributed by atoms with Crippen LogP contribution in [0, 0.1) is 0 Å². The third-order valence-electron chi connectivity index (χ3n) is 3.92. The van der Waals surface area contributed by atoms with Gasteiger partial charge in [-0.15, -0.1) is 0 Å². The minimum absolute atomic E-state index is 0.0107. The second-order valence-corrected chi connectivity index (χ2v) is 5.54. The van der Waals surface area contributed by atoms with Gasteiger partial charge in [0.15, 0.2) is 6.61 Å². The number of hydrogen-bond donors (Lipinski definition) is 0. The zero-order valence-electron chi connectivity index (χ0n) is 12.4. The highest BCUT2D eigenvalue weighted by Crippen LogP contribution is 2.19. The molecule has 2 aromatic rings. The second-order valence-electron chi connectivity index (χ2n) is 5.54. The molecule has 3 rings (SSSR count). The first-order valence-electron chi connectivity index (χ1n) is 7.67. The van der Waals surface area contributed by atoms with E-state index < -0.39 is 5.63 Å². The topological polar surface area (TPSA) is 59.8 Å². The molecule has 0 aliphatic carbocycles. The third-order valence-corrected chi connectivity index (χ3v) is 3.92. The van der Waals surface area contributed by atoms with Crippen LogP contribution in [-0.2, 0) is 4.79 Å². The SMILES string of the molecule is O=C(COc1ccc2ccc(=O)oc2c1)N1CCCCCC1. The second kappa shape index (κ2) is 6.64. The molecule has 1 amide bonds. The van der Waals surface area contributed by atoms with Gasteiger partial charge in [0.25, 0.3) is 5.91 Å². The van der Waals surface area contributed by atoms with E-state index in [4.69, 9.17) is 9.15 Å². The van der Waals surface area contributed by atoms with Crippen molar-refractivity contribution in [2.45, 2.75) is 25.7 Å². The van der Waals surface area contributed by atoms with Crippen LogP contribution in [0.4, 0.5) is 0 Å². The van der Waals surface area contributed by atoms with Gasteiger partial charge in [0, 0.05) is 30.6 Å². The van der Waals surface area contributed by atoms with Crippen molar-refractivity contribution >= 4 is 16.9 Å². The molecule has 0 atom stereocenters. The van der Waals surface area contributed by atoms with E-state index in [1.165, 1.54) is 18.9 Å². The van der Waals surface area contributed by atoms with Gasteiger partial charge in [0.2, 0.25) is 0 Å². The average molecular weight is 301 g/mol. The Morgan fingerprint density at radius 3 is 2.59 bits per heavy atom. The van der Waals surface area contributed by atoms with E-state index in [-0.39, 0.29) is 12.5 Å². The van der Waals surface area contributed by atoms with Crippen molar-refractivity contribution < 1.29 is 13.9 Å². The molecule has 0 bridgehead atoms. The summed E-state index contributed by atoms with van der Waals surface area (Å²) in [4.78, 5) is 25.3. The van der Waals surface area contributed by atoms with Crippen molar-refractivity contribution in [3.8, 4) is 5.75 Å². The van der Waals surface area contributed by atoms with E-state index in [2.05, 4.69) is 0 Å². The standard InChI is InChI=1S/C17H19NO4/c19-16(18-9-3-1-2-4-10-18)12-21-14-7-5-13-6-8-17(20)22-15(13)11-14/h5-8,11H,1-4,9-10,12H2. The fourth-order valence-corrected chi connectivity index (χ4v) is 2.69. The number of carbonyl (C=O) groups excluding carboxylic acids is 1. The molecule has 0 radical (unpaired) electrons. The predicted molar refractivity (Wildman–Crippen MR) is 83.0 cm³/mol. The summed E-state index contributed by atoms with van der Waals surface area (Å²) >= 11 is 0. The molecule has 22 heavy (non-hydrogen) atoms. The molecule has 0 unspecified atom stereocenters. The Bertz CT molecular complexity index is 714. The molecule has 0 spiro atoms. The number of likely N-dealkylation sites (tertiary alicyclic amines) is 1. The van der Waals surface area contributed by atoms with Crippen LogP contribution in [-0.4, -0.2) is 30.5 Å². The van der Waals surface area contributed by atoms with Gasteiger partial charge in [-0.2, -0.15) is 0 Å². The fourth-order valence-electron chi connectivity index (χ4n) is 2.69. The number of amides is 1. The van der Waals surface area contributed by atoms with Gasteiger partial charge in [-0.3, -0.25) is 4.79 Å². The highest BCUT2D eigenvalue weighted by molar-refractivity contribution is 5.79. The number of ether oxygens (including phenoxy) is 1. The highest BCUT2D eigenvalue weighted by Gasteiger charge is 2.15. The lowest BCUT2D eigenvalue weighted by molar-refractivity contribution is -0.133. The van der Waals surface area contributed by atoms with Crippen molar-refractivity contribution in [1.29, 1.82) is 0 Å². The van der Waals surface area contributed by atoms with Crippen molar-refractivity contribution in [2.24, 2.45) is 0 Å². The first-order chi connectivity index (χ1) is 10.7. The molecule has 1 fully saturated rings. The molecule has 116 valence electrons. The minimum Gasteiger partial charge on any atom is -0.484 e. The lowest BCUT2D eigenvalue weighted by Crippen LogP contribution is -2.35. The van der Waals surface area contributed by atoms with Gasteiger partial charge >= 0.3 is 5.63 Å². The van der Waals surface area contributed by atoms with E-state index in [1.54, 1.807) is 18.2 Å². The molecule has 0 saturated carbocycles. The number of hydrogen-bond acceptors (Lipinski definition) is 4. The summed E-state index contributed by atoms with van der Waals surface area (Å²) in [5.41, 5.74) is 0.0671. The van der Waals surface area contributed by atoms with Gasteiger partial charge in [-0.25, -0.2) is 4.79 Å². The Hall–Kier alpha value is -2.30. The third kappa shape index (κ3) is 3.47. The van der Waals surface area contributed by atoms with E-state index in [1.807, 2.05) is 11.0 Å². The molecular formula is C17H19NO4. The number of carbonyl (C=O) groups is 1. The average Bonchev–Trinajstić information content (AvgIpc) is 2.81. The number of fused-ring (bicyclic) bond motifs is 1. The summed E-state index contributed by atoms with van der Waals surface area (Å²) < 4.78 is 10.7. The van der Waals surface area contributed by atoms with Crippen LogP contribution >= 0.6 is 0 Å². The van der Waals surface area contributed by atoms with Crippen LogP contribution in [0.5, 0.6) is 5.75 Å². The van der Waals surface area contributed by atoms with Crippen LogP contribution in [0.15, 0.2) is 39.5 Å². The molecule has 5 heteroatoms. The summed E-state index contributed by atoms with van der Waals surface area (Å²) in [6.07, 6.45) is 4.50. The zero-order chi connectivity index (χ0) is 15.4. The van der Waals surface area contributed by atoms with E-state index >= 15 is 0 Å². The Balaban J connectivity index is 1.65. The van der Waals surface area contributed by atoms with Crippen molar-refractivity contribution in [3.63, 3.8) is 0 Å². The summed E-state index contributed by atoms with van der Waals surface area (Å²) in [5.74, 6) is 0.543. The van der Waals surface area contributed by atoms with Crippen LogP contribution in [0.1, 0.15) is 25.7 Å². The van der Waals surface area contributed by atoms with E-state index in [9.17, 15) is 9.59 Å². The van der Waals surface area contributed by atoms with Crippen molar-refractivity contribution in [2.75, 3.05) is 19.7 Å². The minimum atomic E-state index is -0.398. The molecule has 1 aromatic carbocycles.